The van der Waals surface area contributed by atoms with Crippen LogP contribution in [-0.4, -0.2) is 10.9 Å². The standard InChI is InChI=1S/C15H18N2O/c1-15(2,3)14(18)17-10-11-8-12-6-4-5-7-13(12)16-9-11/h4-9H,10H2,1-3H3,(H,17,18). The van der Waals surface area contributed by atoms with E-state index in [0.717, 1.165) is 16.5 Å². The maximum atomic E-state index is 11.8. The molecule has 0 fully saturated rings. The van der Waals surface area contributed by atoms with Gasteiger partial charge >= 0.3 is 0 Å². The summed E-state index contributed by atoms with van der Waals surface area (Å²) in [7, 11) is 0. The molecule has 0 radical (unpaired) electrons. The monoisotopic (exact) mass is 242 g/mol. The zero-order chi connectivity index (χ0) is 13.2. The summed E-state index contributed by atoms with van der Waals surface area (Å²) in [4.78, 5) is 16.1. The topological polar surface area (TPSA) is 42.0 Å². The number of rotatable bonds is 2. The maximum absolute atomic E-state index is 11.8. The molecule has 0 saturated heterocycles. The molecule has 1 aromatic heterocycles. The molecule has 0 unspecified atom stereocenters. The molecule has 0 aliphatic heterocycles. The van der Waals surface area contributed by atoms with Crippen LogP contribution in [0.5, 0.6) is 0 Å². The zero-order valence-corrected chi connectivity index (χ0v) is 11.0. The highest BCUT2D eigenvalue weighted by molar-refractivity contribution is 5.82. The summed E-state index contributed by atoms with van der Waals surface area (Å²) in [5, 5.41) is 4.02. The van der Waals surface area contributed by atoms with Crippen molar-refractivity contribution in [3.05, 3.63) is 42.1 Å². The molecule has 3 heteroatoms. The smallest absolute Gasteiger partial charge is 0.225 e. The molecule has 1 N–H and O–H groups in total. The molecule has 0 aliphatic carbocycles. The summed E-state index contributed by atoms with van der Waals surface area (Å²) in [5.41, 5.74) is 1.64. The first-order valence-corrected chi connectivity index (χ1v) is 6.09. The molecule has 18 heavy (non-hydrogen) atoms. The Morgan fingerprint density at radius 1 is 1.28 bits per heavy atom. The lowest BCUT2D eigenvalue weighted by Crippen LogP contribution is -2.34. The summed E-state index contributed by atoms with van der Waals surface area (Å²) in [5.74, 6) is 0.0515. The highest BCUT2D eigenvalue weighted by Gasteiger charge is 2.20. The van der Waals surface area contributed by atoms with Crippen LogP contribution in [0.1, 0.15) is 26.3 Å². The number of nitrogens with zero attached hydrogens (tertiary/aromatic N) is 1. The van der Waals surface area contributed by atoms with Gasteiger partial charge in [0.2, 0.25) is 5.91 Å². The average molecular weight is 242 g/mol. The van der Waals surface area contributed by atoms with Crippen LogP contribution in [-0.2, 0) is 11.3 Å². The molecule has 1 aromatic carbocycles. The molecule has 2 aromatic rings. The lowest BCUT2D eigenvalue weighted by molar-refractivity contribution is -0.128. The molecule has 0 aliphatic rings. The lowest BCUT2D eigenvalue weighted by atomic mass is 9.95. The van der Waals surface area contributed by atoms with Crippen LogP contribution in [0.25, 0.3) is 10.9 Å². The van der Waals surface area contributed by atoms with Crippen LogP contribution in [0.4, 0.5) is 0 Å². The Labute approximate surface area is 107 Å². The molecule has 0 atom stereocenters. The van der Waals surface area contributed by atoms with Crippen molar-refractivity contribution in [2.24, 2.45) is 5.41 Å². The highest BCUT2D eigenvalue weighted by atomic mass is 16.2. The van der Waals surface area contributed by atoms with Crippen molar-refractivity contribution < 1.29 is 4.79 Å². The largest absolute Gasteiger partial charge is 0.352 e. The van der Waals surface area contributed by atoms with Crippen LogP contribution in [0.3, 0.4) is 0 Å². The van der Waals surface area contributed by atoms with Gasteiger partial charge in [-0.05, 0) is 17.7 Å². The number of hydrogen-bond donors (Lipinski definition) is 1. The molecule has 2 rings (SSSR count). The quantitative estimate of drug-likeness (QED) is 0.879. The van der Waals surface area contributed by atoms with E-state index >= 15 is 0 Å². The summed E-state index contributed by atoms with van der Waals surface area (Å²) in [6.45, 7) is 6.23. The SMILES string of the molecule is CC(C)(C)C(=O)NCc1cnc2ccccc2c1. The molecular formula is C15H18N2O. The molecular weight excluding hydrogens is 224 g/mol. The summed E-state index contributed by atoms with van der Waals surface area (Å²) < 4.78 is 0. The van der Waals surface area contributed by atoms with Gasteiger partial charge in [-0.3, -0.25) is 9.78 Å². The van der Waals surface area contributed by atoms with Crippen molar-refractivity contribution >= 4 is 16.8 Å². The number of benzene rings is 1. The number of carbonyl (C=O) groups is 1. The number of pyridine rings is 1. The predicted octanol–water partition coefficient (Wildman–Crippen LogP) is 2.90. The Morgan fingerprint density at radius 3 is 2.72 bits per heavy atom. The molecule has 0 bridgehead atoms. The first-order chi connectivity index (χ1) is 8.47. The average Bonchev–Trinajstić information content (AvgIpc) is 2.34. The number of carbonyl (C=O) groups excluding carboxylic acids is 1. The van der Waals surface area contributed by atoms with Gasteiger partial charge in [-0.25, -0.2) is 0 Å². The summed E-state index contributed by atoms with van der Waals surface area (Å²) in [6, 6.07) is 10.0. The Hall–Kier alpha value is -1.90. The Kier molecular flexibility index (Phi) is 3.32. The van der Waals surface area contributed by atoms with Crippen LogP contribution in [0.15, 0.2) is 36.5 Å². The van der Waals surface area contributed by atoms with E-state index in [9.17, 15) is 4.79 Å². The van der Waals surface area contributed by atoms with Gasteiger partial charge < -0.3 is 5.32 Å². The minimum atomic E-state index is -0.357. The number of aromatic nitrogens is 1. The molecule has 94 valence electrons. The van der Waals surface area contributed by atoms with Crippen molar-refractivity contribution in [1.29, 1.82) is 0 Å². The van der Waals surface area contributed by atoms with Crippen LogP contribution >= 0.6 is 0 Å². The molecule has 1 amide bonds. The second-order valence-corrected chi connectivity index (χ2v) is 5.47. The van der Waals surface area contributed by atoms with Crippen molar-refractivity contribution in [2.45, 2.75) is 27.3 Å². The molecule has 1 heterocycles. The van der Waals surface area contributed by atoms with Gasteiger partial charge in [-0.15, -0.1) is 0 Å². The number of hydrogen-bond acceptors (Lipinski definition) is 2. The first kappa shape index (κ1) is 12.6. The fraction of sp³-hybridized carbons (Fsp3) is 0.333. The van der Waals surface area contributed by atoms with Gasteiger partial charge in [0.1, 0.15) is 0 Å². The normalized spacial score (nSPS) is 11.5. The minimum Gasteiger partial charge on any atom is -0.352 e. The van der Waals surface area contributed by atoms with Crippen molar-refractivity contribution in [2.75, 3.05) is 0 Å². The first-order valence-electron chi connectivity index (χ1n) is 6.09. The minimum absolute atomic E-state index is 0.0515. The third kappa shape index (κ3) is 2.86. The molecule has 0 saturated carbocycles. The zero-order valence-electron chi connectivity index (χ0n) is 11.0. The number of nitrogens with one attached hydrogen (secondary N) is 1. The second kappa shape index (κ2) is 4.77. The third-order valence-corrected chi connectivity index (χ3v) is 2.78. The molecule has 3 nitrogen and oxygen atoms in total. The van der Waals surface area contributed by atoms with Gasteiger partial charge in [0, 0.05) is 23.5 Å². The highest BCUT2D eigenvalue weighted by Crippen LogP contribution is 2.15. The van der Waals surface area contributed by atoms with Crippen molar-refractivity contribution in [1.82, 2.24) is 10.3 Å². The van der Waals surface area contributed by atoms with E-state index in [-0.39, 0.29) is 11.3 Å². The van der Waals surface area contributed by atoms with E-state index in [2.05, 4.69) is 16.4 Å². The number of fused-ring (bicyclic) bond motifs is 1. The Balaban J connectivity index is 2.11. The van der Waals surface area contributed by atoms with Crippen LogP contribution in [0.2, 0.25) is 0 Å². The van der Waals surface area contributed by atoms with Crippen molar-refractivity contribution in [3.8, 4) is 0 Å². The van der Waals surface area contributed by atoms with Gasteiger partial charge in [0.05, 0.1) is 5.52 Å². The lowest BCUT2D eigenvalue weighted by Gasteiger charge is -2.17. The molecule has 0 spiro atoms. The van der Waals surface area contributed by atoms with E-state index in [1.165, 1.54) is 0 Å². The van der Waals surface area contributed by atoms with Gasteiger partial charge in [-0.1, -0.05) is 39.0 Å². The second-order valence-electron chi connectivity index (χ2n) is 5.47. The fourth-order valence-electron chi connectivity index (χ4n) is 1.66. The van der Waals surface area contributed by atoms with E-state index < -0.39 is 0 Å². The summed E-state index contributed by atoms with van der Waals surface area (Å²) >= 11 is 0. The van der Waals surface area contributed by atoms with Crippen molar-refractivity contribution in [3.63, 3.8) is 0 Å². The summed E-state index contributed by atoms with van der Waals surface area (Å²) in [6.07, 6.45) is 1.81. The van der Waals surface area contributed by atoms with Crippen LogP contribution < -0.4 is 5.32 Å². The van der Waals surface area contributed by atoms with E-state index in [0.29, 0.717) is 6.54 Å². The third-order valence-electron chi connectivity index (χ3n) is 2.78. The van der Waals surface area contributed by atoms with E-state index in [4.69, 9.17) is 0 Å². The van der Waals surface area contributed by atoms with Crippen LogP contribution in [0, 0.1) is 5.41 Å². The fourth-order valence-corrected chi connectivity index (χ4v) is 1.66. The van der Waals surface area contributed by atoms with Gasteiger partial charge in [-0.2, -0.15) is 0 Å². The van der Waals surface area contributed by atoms with E-state index in [1.54, 1.807) is 0 Å². The number of para-hydroxylation sites is 1. The Bertz CT molecular complexity index is 570. The maximum Gasteiger partial charge on any atom is 0.225 e. The van der Waals surface area contributed by atoms with Gasteiger partial charge in [0.25, 0.3) is 0 Å². The predicted molar refractivity (Wildman–Crippen MR) is 73.0 cm³/mol. The van der Waals surface area contributed by atoms with Gasteiger partial charge in [0.15, 0.2) is 0 Å². The van der Waals surface area contributed by atoms with E-state index in [1.807, 2.05) is 51.2 Å². The Morgan fingerprint density at radius 2 is 2.00 bits per heavy atom. The number of amides is 1.